The average molecular weight is 1160 g/mol. The van der Waals surface area contributed by atoms with E-state index in [0.29, 0.717) is 5.95 Å². The van der Waals surface area contributed by atoms with Gasteiger partial charge in [-0.15, -0.1) is 0 Å². The van der Waals surface area contributed by atoms with Crippen LogP contribution in [0.3, 0.4) is 0 Å². The van der Waals surface area contributed by atoms with Crippen LogP contribution < -0.4 is 0 Å². The van der Waals surface area contributed by atoms with Gasteiger partial charge in [-0.2, -0.15) is 0 Å². The highest BCUT2D eigenvalue weighted by molar-refractivity contribution is 6.14. The van der Waals surface area contributed by atoms with E-state index >= 15 is 0 Å². The van der Waals surface area contributed by atoms with Crippen molar-refractivity contribution in [1.29, 1.82) is 0 Å². The van der Waals surface area contributed by atoms with Crippen molar-refractivity contribution in [3.63, 3.8) is 0 Å². The van der Waals surface area contributed by atoms with Gasteiger partial charge in [-0.3, -0.25) is 4.57 Å². The fourth-order valence-electron chi connectivity index (χ4n) is 15.7. The zero-order chi connectivity index (χ0) is 60.1. The second kappa shape index (κ2) is 19.7. The molecule has 0 fully saturated rings. The van der Waals surface area contributed by atoms with Crippen LogP contribution in [-0.4, -0.2) is 23.7 Å². The quantitative estimate of drug-likeness (QED) is 0.152. The van der Waals surface area contributed by atoms with Gasteiger partial charge < -0.3 is 9.13 Å². The summed E-state index contributed by atoms with van der Waals surface area (Å²) in [5.74, 6) is 0.828. The smallest absolute Gasteiger partial charge is 0.235 e. The lowest BCUT2D eigenvalue weighted by Crippen LogP contribution is -2.15. The molecule has 2 aliphatic carbocycles. The Labute approximate surface area is 526 Å². The summed E-state index contributed by atoms with van der Waals surface area (Å²) in [4.78, 5) is 11.0. The summed E-state index contributed by atoms with van der Waals surface area (Å²) in [5.41, 5.74) is 29.4. The molecule has 2 aliphatic rings. The molecule has 19 rings (SSSR count). The maximum Gasteiger partial charge on any atom is 0.235 e. The minimum Gasteiger partial charge on any atom is -0.309 e. The number of benzene rings is 13. The van der Waals surface area contributed by atoms with Crippen molar-refractivity contribution in [2.75, 3.05) is 0 Å². The van der Waals surface area contributed by atoms with E-state index in [9.17, 15) is 0 Å². The van der Waals surface area contributed by atoms with Crippen LogP contribution in [0.5, 0.6) is 0 Å². The Bertz CT molecular complexity index is 5880. The van der Waals surface area contributed by atoms with Crippen molar-refractivity contribution in [2.24, 2.45) is 0 Å². The summed E-state index contributed by atoms with van der Waals surface area (Å²) in [7, 11) is 0. The molecule has 0 bridgehead atoms. The number of hydrogen-bond donors (Lipinski definition) is 0. The van der Waals surface area contributed by atoms with Crippen LogP contribution in [0.15, 0.2) is 303 Å². The molecular formula is C86H57N5. The highest BCUT2D eigenvalue weighted by Gasteiger charge is 2.36. The Morgan fingerprint density at radius 1 is 0.275 bits per heavy atom. The van der Waals surface area contributed by atoms with Crippen LogP contribution in [0.1, 0.15) is 47.6 Å². The molecule has 1 atom stereocenters. The SMILES string of the molecule is CC1(C)c2ccccc2-c2ccc(-n3c4ccccc4c4cc(-c5ccc6c(c5)c5ccccc5n6-c5nc(-c6ccccc6)cc(-c6cccc(-n7c8ccccc8c8cc(-c9ccc%10c(c9)-c9ccccc9C%10c9ccccc9)ccc87)c6)n5)ccc43)cc21. The molecule has 426 valence electrons. The first kappa shape index (κ1) is 51.4. The Morgan fingerprint density at radius 2 is 0.736 bits per heavy atom. The van der Waals surface area contributed by atoms with Crippen molar-refractivity contribution in [1.82, 2.24) is 23.7 Å². The van der Waals surface area contributed by atoms with E-state index < -0.39 is 0 Å². The summed E-state index contributed by atoms with van der Waals surface area (Å²) in [6, 6.07) is 112. The zero-order valence-electron chi connectivity index (χ0n) is 50.2. The summed E-state index contributed by atoms with van der Waals surface area (Å²) < 4.78 is 7.12. The van der Waals surface area contributed by atoms with Crippen LogP contribution in [0.4, 0.5) is 0 Å². The van der Waals surface area contributed by atoms with Gasteiger partial charge >= 0.3 is 0 Å². The average Bonchev–Trinajstić information content (AvgIpc) is 1.61. The molecule has 0 saturated carbocycles. The lowest BCUT2D eigenvalue weighted by atomic mass is 9.82. The van der Waals surface area contributed by atoms with E-state index in [1.807, 2.05) is 0 Å². The Morgan fingerprint density at radius 3 is 1.38 bits per heavy atom. The monoisotopic (exact) mass is 1160 g/mol. The number of hydrogen-bond acceptors (Lipinski definition) is 2. The van der Waals surface area contributed by atoms with Gasteiger partial charge in [0.25, 0.3) is 0 Å². The van der Waals surface area contributed by atoms with E-state index in [1.54, 1.807) is 0 Å². The molecule has 1 unspecified atom stereocenters. The Balaban J connectivity index is 0.709. The van der Waals surface area contributed by atoms with Crippen molar-refractivity contribution in [3.8, 4) is 84.3 Å². The zero-order valence-corrected chi connectivity index (χ0v) is 50.2. The predicted octanol–water partition coefficient (Wildman–Crippen LogP) is 21.9. The summed E-state index contributed by atoms with van der Waals surface area (Å²) >= 11 is 0. The fraction of sp³-hybridized carbons (Fsp3) is 0.0465. The van der Waals surface area contributed by atoms with Gasteiger partial charge in [0.1, 0.15) is 0 Å². The van der Waals surface area contributed by atoms with Crippen molar-refractivity contribution >= 4 is 65.4 Å². The topological polar surface area (TPSA) is 40.6 Å². The third-order valence-corrected chi connectivity index (χ3v) is 20.0. The van der Waals surface area contributed by atoms with Crippen LogP contribution in [-0.2, 0) is 5.41 Å². The summed E-state index contributed by atoms with van der Waals surface area (Å²) in [6.45, 7) is 4.72. The second-order valence-electron chi connectivity index (χ2n) is 25.2. The fourth-order valence-corrected chi connectivity index (χ4v) is 15.7. The maximum absolute atomic E-state index is 5.57. The van der Waals surface area contributed by atoms with Gasteiger partial charge in [0.15, 0.2) is 0 Å². The van der Waals surface area contributed by atoms with E-state index in [4.69, 9.17) is 9.97 Å². The molecule has 0 saturated heterocycles. The highest BCUT2D eigenvalue weighted by atomic mass is 15.2. The van der Waals surface area contributed by atoms with E-state index in [-0.39, 0.29) is 11.3 Å². The first-order valence-electron chi connectivity index (χ1n) is 31.6. The van der Waals surface area contributed by atoms with Crippen LogP contribution in [0.2, 0.25) is 0 Å². The van der Waals surface area contributed by atoms with Gasteiger partial charge in [0, 0.05) is 66.2 Å². The normalized spacial score (nSPS) is 13.8. The lowest BCUT2D eigenvalue weighted by Gasteiger charge is -2.22. The first-order valence-corrected chi connectivity index (χ1v) is 31.6. The second-order valence-corrected chi connectivity index (χ2v) is 25.2. The van der Waals surface area contributed by atoms with Crippen LogP contribution >= 0.6 is 0 Å². The molecule has 5 nitrogen and oxygen atoms in total. The number of aromatic nitrogens is 5. The highest BCUT2D eigenvalue weighted by Crippen LogP contribution is 2.52. The predicted molar refractivity (Wildman–Crippen MR) is 377 cm³/mol. The lowest BCUT2D eigenvalue weighted by molar-refractivity contribution is 0.660. The molecule has 0 aliphatic heterocycles. The van der Waals surface area contributed by atoms with Crippen molar-refractivity contribution in [2.45, 2.75) is 25.2 Å². The molecule has 0 radical (unpaired) electrons. The molecule has 0 amide bonds. The number of para-hydroxylation sites is 3. The van der Waals surface area contributed by atoms with Gasteiger partial charge in [-0.05, 0) is 163 Å². The molecule has 5 heteroatoms. The molecule has 17 aromatic rings. The van der Waals surface area contributed by atoms with Crippen molar-refractivity contribution in [3.05, 3.63) is 331 Å². The third kappa shape index (κ3) is 7.77. The maximum atomic E-state index is 5.57. The standard InChI is InChI=1S/C86H57N5/c1-86(2)74-32-15-11-27-63(74)64-42-40-61(51-75(64)86)90-79-34-17-13-29-66(79)72-49-57(38-44-82(72)90)58-39-45-83-73(50-58)67-30-14-18-35-80(67)91(83)85-87-76(53-20-5-3-6-21-53)52-77(88-85)59-24-19-25-60(46-59)89-78-33-16-12-28-65(78)71-48-56(37-43-81(71)89)55-36-41-69-70(47-55)62-26-9-10-31-68(62)84(69)54-22-7-4-8-23-54/h3-52,84H,1-2H3. The van der Waals surface area contributed by atoms with Gasteiger partial charge in [0.2, 0.25) is 5.95 Å². The summed E-state index contributed by atoms with van der Waals surface area (Å²) in [6.07, 6.45) is 0. The van der Waals surface area contributed by atoms with Crippen LogP contribution in [0.25, 0.3) is 150 Å². The van der Waals surface area contributed by atoms with Gasteiger partial charge in [0.05, 0.1) is 44.5 Å². The number of rotatable bonds is 8. The molecule has 0 N–H and O–H groups in total. The third-order valence-electron chi connectivity index (χ3n) is 20.0. The summed E-state index contributed by atoms with van der Waals surface area (Å²) in [5, 5.41) is 7.16. The van der Waals surface area contributed by atoms with E-state index in [1.165, 1.54) is 99.5 Å². The Hall–Kier alpha value is -11.7. The Kier molecular flexibility index (Phi) is 11.1. The van der Waals surface area contributed by atoms with E-state index in [0.717, 1.165) is 72.2 Å². The molecule has 91 heavy (non-hydrogen) atoms. The van der Waals surface area contributed by atoms with Crippen molar-refractivity contribution < 1.29 is 0 Å². The van der Waals surface area contributed by atoms with Gasteiger partial charge in [-0.1, -0.05) is 226 Å². The molecule has 4 aromatic heterocycles. The minimum atomic E-state index is -0.0996. The molecule has 0 spiro atoms. The largest absolute Gasteiger partial charge is 0.309 e. The van der Waals surface area contributed by atoms with E-state index in [2.05, 4.69) is 331 Å². The molecule has 13 aromatic carbocycles. The minimum absolute atomic E-state index is 0.0996. The molecule has 4 heterocycles. The number of fused-ring (bicyclic) bond motifs is 15. The number of nitrogens with zero attached hydrogens (tertiary/aromatic N) is 5. The van der Waals surface area contributed by atoms with Gasteiger partial charge in [-0.25, -0.2) is 9.97 Å². The molecular weight excluding hydrogens is 1100 g/mol. The van der Waals surface area contributed by atoms with Crippen LogP contribution in [0, 0.1) is 0 Å². The first-order chi connectivity index (χ1) is 44.9.